The third kappa shape index (κ3) is 7.14. The van der Waals surface area contributed by atoms with E-state index in [2.05, 4.69) is 10.3 Å². The van der Waals surface area contributed by atoms with Crippen molar-refractivity contribution in [2.45, 2.75) is 83.6 Å². The third-order valence-electron chi connectivity index (χ3n) is 7.82. The standard InChI is InChI=1S/C33H39FN5O6P/c1-20(2)39(21(3)4)46(43-18-10-16-35)45-30-22(5)44-31(29(30)34)38-17-15-28(36-32(38)40)37-33(41)42-19-27-25-13-8-6-11-23(25)24-12-7-9-14-26(24)27/h6-9,11-15,17,20-22,27,29-31H,10,18-19H2,1-5H3,(H,36,37,40,41)/t22-,29+,30?,31-,46?/m1/s1/i5D. The summed E-state index contributed by atoms with van der Waals surface area (Å²) in [5, 5.41) is 11.5. The number of fused-ring (bicyclic) bond motifs is 3. The molecule has 0 saturated carbocycles. The number of hydrogen-bond acceptors (Lipinski definition) is 9. The first-order valence-corrected chi connectivity index (χ1v) is 16.3. The molecule has 1 fully saturated rings. The van der Waals surface area contributed by atoms with Gasteiger partial charge in [0.2, 0.25) is 0 Å². The molecule has 2 aromatic carbocycles. The maximum Gasteiger partial charge on any atom is 0.412 e. The van der Waals surface area contributed by atoms with E-state index in [1.807, 2.05) is 87.0 Å². The second kappa shape index (κ2) is 14.8. The molecule has 2 heterocycles. The number of carbonyl (C=O) groups is 1. The van der Waals surface area contributed by atoms with Crippen molar-refractivity contribution in [2.24, 2.45) is 0 Å². The van der Waals surface area contributed by atoms with Crippen LogP contribution in [0.1, 0.15) is 65.7 Å². The molecule has 1 aromatic heterocycles. The molecule has 11 nitrogen and oxygen atoms in total. The zero-order chi connectivity index (χ0) is 33.7. The van der Waals surface area contributed by atoms with E-state index < -0.39 is 44.9 Å². The molecule has 1 aliphatic carbocycles. The maximum atomic E-state index is 16.0. The Kier molecular flexibility index (Phi) is 10.4. The van der Waals surface area contributed by atoms with Crippen LogP contribution >= 0.6 is 8.53 Å². The summed E-state index contributed by atoms with van der Waals surface area (Å²) in [7, 11) is -1.82. The van der Waals surface area contributed by atoms with Gasteiger partial charge in [0.05, 0.1) is 25.2 Å². The number of carbonyl (C=O) groups excluding carboxylic acids is 1. The van der Waals surface area contributed by atoms with Crippen LogP contribution in [0.25, 0.3) is 11.1 Å². The zero-order valence-corrected chi connectivity index (χ0v) is 27.1. The molecular formula is C33H39FN5O6P. The molecule has 1 saturated heterocycles. The lowest BCUT2D eigenvalue weighted by Crippen LogP contribution is -2.38. The Morgan fingerprint density at radius 1 is 1.15 bits per heavy atom. The monoisotopic (exact) mass is 652 g/mol. The predicted molar refractivity (Wildman–Crippen MR) is 172 cm³/mol. The Labute approximate surface area is 270 Å². The van der Waals surface area contributed by atoms with Crippen molar-refractivity contribution in [3.05, 3.63) is 82.4 Å². The molecule has 46 heavy (non-hydrogen) atoms. The van der Waals surface area contributed by atoms with Crippen LogP contribution in [0.2, 0.25) is 0 Å². The molecule has 1 amide bonds. The lowest BCUT2D eigenvalue weighted by Gasteiger charge is -2.37. The molecular weight excluding hydrogens is 612 g/mol. The van der Waals surface area contributed by atoms with Crippen molar-refractivity contribution in [1.29, 1.82) is 5.26 Å². The van der Waals surface area contributed by atoms with Gasteiger partial charge >= 0.3 is 11.8 Å². The van der Waals surface area contributed by atoms with Gasteiger partial charge in [0.15, 0.2) is 12.4 Å². The van der Waals surface area contributed by atoms with Gasteiger partial charge in [-0.1, -0.05) is 48.5 Å². The van der Waals surface area contributed by atoms with Crippen molar-refractivity contribution in [2.75, 3.05) is 18.5 Å². The minimum absolute atomic E-state index is 0.0165. The molecule has 1 N–H and O–H groups in total. The highest BCUT2D eigenvalue weighted by Crippen LogP contribution is 2.50. The summed E-state index contributed by atoms with van der Waals surface area (Å²) in [6, 6.07) is 19.3. The maximum absolute atomic E-state index is 16.0. The molecule has 3 aromatic rings. The number of ether oxygens (including phenoxy) is 2. The number of halogens is 1. The first kappa shape index (κ1) is 32.2. The number of rotatable bonds is 12. The van der Waals surface area contributed by atoms with Gasteiger partial charge in [-0.15, -0.1) is 0 Å². The molecule has 1 aliphatic heterocycles. The summed E-state index contributed by atoms with van der Waals surface area (Å²) in [4.78, 5) is 29.7. The number of aromatic nitrogens is 2. The number of nitrogens with zero attached hydrogens (tertiary/aromatic N) is 4. The largest absolute Gasteiger partial charge is 0.448 e. The summed E-state index contributed by atoms with van der Waals surface area (Å²) >= 11 is 0. The van der Waals surface area contributed by atoms with E-state index in [1.165, 1.54) is 12.3 Å². The lowest BCUT2D eigenvalue weighted by atomic mass is 9.98. The van der Waals surface area contributed by atoms with Crippen LogP contribution in [0, 0.1) is 11.3 Å². The molecule has 5 atom stereocenters. The quantitative estimate of drug-likeness (QED) is 0.172. The van der Waals surface area contributed by atoms with Crippen molar-refractivity contribution in [3.8, 4) is 17.2 Å². The van der Waals surface area contributed by atoms with E-state index >= 15 is 4.39 Å². The Balaban J connectivity index is 1.25. The Morgan fingerprint density at radius 3 is 2.39 bits per heavy atom. The van der Waals surface area contributed by atoms with Gasteiger partial charge in [-0.2, -0.15) is 10.2 Å². The minimum atomic E-state index is -1.84. The minimum Gasteiger partial charge on any atom is -0.448 e. The van der Waals surface area contributed by atoms with Crippen LogP contribution < -0.4 is 11.0 Å². The van der Waals surface area contributed by atoms with Gasteiger partial charge in [0.1, 0.15) is 18.5 Å². The Morgan fingerprint density at radius 2 is 1.80 bits per heavy atom. The van der Waals surface area contributed by atoms with Crippen molar-refractivity contribution in [3.63, 3.8) is 0 Å². The highest BCUT2D eigenvalue weighted by molar-refractivity contribution is 7.44. The first-order valence-electron chi connectivity index (χ1n) is 15.9. The first-order chi connectivity index (χ1) is 22.6. The average Bonchev–Trinajstić information content (AvgIpc) is 3.53. The Bertz CT molecular complexity index is 1600. The summed E-state index contributed by atoms with van der Waals surface area (Å²) in [6.07, 6.45) is -4.84. The summed E-state index contributed by atoms with van der Waals surface area (Å²) < 4.78 is 50.3. The van der Waals surface area contributed by atoms with E-state index in [4.69, 9.17) is 25.2 Å². The fraction of sp³-hybridized carbons (Fsp3) is 0.455. The van der Waals surface area contributed by atoms with E-state index in [-0.39, 0.29) is 50.4 Å². The summed E-state index contributed by atoms with van der Waals surface area (Å²) in [5.41, 5.74) is 3.47. The molecule has 0 radical (unpaired) electrons. The number of alkyl halides is 1. The molecule has 13 heteroatoms. The molecule has 5 rings (SSSR count). The number of nitrogens with one attached hydrogen (secondary N) is 1. The third-order valence-corrected chi connectivity index (χ3v) is 9.95. The SMILES string of the molecule is [2H]C[C@H]1O[C@@H](n2ccc(NC(=O)OCC3c4ccccc4-c4ccccc43)nc2=O)[C@@H](F)C1OP(OCCC#N)N(C(C)C)C(C)C. The molecule has 0 spiro atoms. The van der Waals surface area contributed by atoms with Crippen LogP contribution in [0.4, 0.5) is 15.0 Å². The molecule has 244 valence electrons. The topological polar surface area (TPSA) is 128 Å². The van der Waals surface area contributed by atoms with Crippen LogP contribution in [0.5, 0.6) is 0 Å². The normalized spacial score (nSPS) is 21.6. The van der Waals surface area contributed by atoms with Crippen LogP contribution in [0.15, 0.2) is 65.6 Å². The number of hydrogen-bond donors (Lipinski definition) is 1. The van der Waals surface area contributed by atoms with E-state index in [0.29, 0.717) is 0 Å². The second-order valence-electron chi connectivity index (χ2n) is 11.6. The van der Waals surface area contributed by atoms with E-state index in [0.717, 1.165) is 26.8 Å². The molecule has 0 bridgehead atoms. The number of benzene rings is 2. The van der Waals surface area contributed by atoms with Gasteiger partial charge in [0.25, 0.3) is 8.53 Å². The highest BCUT2D eigenvalue weighted by atomic mass is 31.2. The number of nitriles is 1. The van der Waals surface area contributed by atoms with Gasteiger partial charge in [-0.3, -0.25) is 9.88 Å². The van der Waals surface area contributed by atoms with Gasteiger partial charge in [0, 0.05) is 25.6 Å². The second-order valence-corrected chi connectivity index (χ2v) is 13.0. The summed E-state index contributed by atoms with van der Waals surface area (Å²) in [5.74, 6) is -0.207. The Hall–Kier alpha value is -3.72. The van der Waals surface area contributed by atoms with Gasteiger partial charge < -0.3 is 18.5 Å². The van der Waals surface area contributed by atoms with Crippen molar-refractivity contribution < 1.29 is 29.1 Å². The molecule has 2 unspecified atom stereocenters. The smallest absolute Gasteiger partial charge is 0.412 e. The van der Waals surface area contributed by atoms with Crippen LogP contribution in [-0.4, -0.2) is 64.0 Å². The fourth-order valence-corrected chi connectivity index (χ4v) is 7.62. The van der Waals surface area contributed by atoms with E-state index in [9.17, 15) is 9.59 Å². The van der Waals surface area contributed by atoms with Gasteiger partial charge in [-0.05, 0) is 62.9 Å². The van der Waals surface area contributed by atoms with E-state index in [1.54, 1.807) is 0 Å². The summed E-state index contributed by atoms with van der Waals surface area (Å²) in [6.45, 7) is 7.68. The predicted octanol–water partition coefficient (Wildman–Crippen LogP) is 6.52. The van der Waals surface area contributed by atoms with Crippen LogP contribution in [0.3, 0.4) is 0 Å². The fourth-order valence-electron chi connectivity index (χ4n) is 5.86. The average molecular weight is 653 g/mol. The number of amides is 1. The lowest BCUT2D eigenvalue weighted by molar-refractivity contribution is -0.0179. The zero-order valence-electron chi connectivity index (χ0n) is 27.2. The van der Waals surface area contributed by atoms with Gasteiger partial charge in [-0.25, -0.2) is 18.6 Å². The van der Waals surface area contributed by atoms with Crippen LogP contribution in [-0.2, 0) is 18.5 Å². The number of anilines is 1. The molecule has 2 aliphatic rings. The highest BCUT2D eigenvalue weighted by Gasteiger charge is 2.48. The van der Waals surface area contributed by atoms with Crippen molar-refractivity contribution >= 4 is 20.4 Å². The van der Waals surface area contributed by atoms with Crippen molar-refractivity contribution in [1.82, 2.24) is 14.2 Å².